The molecule has 0 bridgehead atoms. The minimum absolute atomic E-state index is 0.144. The first-order chi connectivity index (χ1) is 8.89. The Balaban J connectivity index is 2.34. The van der Waals surface area contributed by atoms with Crippen LogP contribution < -0.4 is 0 Å². The molecule has 4 nitrogen and oxygen atoms in total. The van der Waals surface area contributed by atoms with Crippen molar-refractivity contribution in [2.75, 3.05) is 14.2 Å². The van der Waals surface area contributed by atoms with E-state index in [2.05, 4.69) is 9.97 Å². The zero-order chi connectivity index (χ0) is 14.1. The monoisotopic (exact) mass is 271 g/mol. The molecule has 0 aliphatic heterocycles. The lowest BCUT2D eigenvalue weighted by molar-refractivity contribution is -0.214. The van der Waals surface area contributed by atoms with Gasteiger partial charge in [0, 0.05) is 37.8 Å². The molecule has 106 valence electrons. The average molecular weight is 271 g/mol. The minimum atomic E-state index is -2.58. The third-order valence-electron chi connectivity index (χ3n) is 4.00. The Kier molecular flexibility index (Phi) is 3.82. The third-order valence-corrected chi connectivity index (χ3v) is 4.00. The van der Waals surface area contributed by atoms with Crippen molar-refractivity contribution in [1.29, 1.82) is 0 Å². The summed E-state index contributed by atoms with van der Waals surface area (Å²) in [6.45, 7) is 1.80. The van der Waals surface area contributed by atoms with Gasteiger partial charge in [-0.3, -0.25) is 0 Å². The normalized spacial score (nSPS) is 21.6. The first-order valence-corrected chi connectivity index (χ1v) is 6.34. The van der Waals surface area contributed by atoms with E-state index >= 15 is 0 Å². The zero-order valence-electron chi connectivity index (χ0n) is 11.5. The maximum atomic E-state index is 13.4. The van der Waals surface area contributed by atoms with Gasteiger partial charge < -0.3 is 4.84 Å². The van der Waals surface area contributed by atoms with Crippen LogP contribution in [0.3, 0.4) is 0 Å². The van der Waals surface area contributed by atoms with Crippen molar-refractivity contribution in [1.82, 2.24) is 15.0 Å². The highest BCUT2D eigenvalue weighted by Crippen LogP contribution is 2.46. The first-order valence-electron chi connectivity index (χ1n) is 6.34. The maximum absolute atomic E-state index is 13.4. The molecule has 1 heterocycles. The molecule has 1 fully saturated rings. The second kappa shape index (κ2) is 5.09. The molecule has 1 saturated carbocycles. The van der Waals surface area contributed by atoms with Crippen molar-refractivity contribution in [3.05, 3.63) is 23.8 Å². The quantitative estimate of drug-likeness (QED) is 0.792. The SMILES string of the molecule is CON(C)C1(c2cnc(C)nc2)CCC(F)(F)CC1. The Bertz CT molecular complexity index is 426. The van der Waals surface area contributed by atoms with Crippen molar-refractivity contribution in [2.45, 2.75) is 44.1 Å². The van der Waals surface area contributed by atoms with Crippen LogP contribution in [0.1, 0.15) is 37.1 Å². The van der Waals surface area contributed by atoms with Crippen molar-refractivity contribution < 1.29 is 13.6 Å². The largest absolute Gasteiger partial charge is 0.302 e. The van der Waals surface area contributed by atoms with E-state index in [-0.39, 0.29) is 12.8 Å². The Labute approximate surface area is 111 Å². The van der Waals surface area contributed by atoms with Crippen LogP contribution in [0.5, 0.6) is 0 Å². The smallest absolute Gasteiger partial charge is 0.248 e. The van der Waals surface area contributed by atoms with Crippen LogP contribution in [0.2, 0.25) is 0 Å². The lowest BCUT2D eigenvalue weighted by atomic mass is 9.76. The molecule has 0 radical (unpaired) electrons. The van der Waals surface area contributed by atoms with Gasteiger partial charge in [-0.15, -0.1) is 0 Å². The zero-order valence-corrected chi connectivity index (χ0v) is 11.5. The van der Waals surface area contributed by atoms with Crippen LogP contribution in [0.25, 0.3) is 0 Å². The number of nitrogens with zero attached hydrogens (tertiary/aromatic N) is 3. The van der Waals surface area contributed by atoms with Gasteiger partial charge in [-0.1, -0.05) is 0 Å². The molecule has 1 aromatic heterocycles. The summed E-state index contributed by atoms with van der Waals surface area (Å²) in [5.74, 6) is -1.91. The molecule has 19 heavy (non-hydrogen) atoms. The highest BCUT2D eigenvalue weighted by molar-refractivity contribution is 5.19. The lowest BCUT2D eigenvalue weighted by Gasteiger charge is -2.44. The minimum Gasteiger partial charge on any atom is -0.302 e. The summed E-state index contributed by atoms with van der Waals surface area (Å²) < 4.78 is 26.8. The van der Waals surface area contributed by atoms with Crippen molar-refractivity contribution in [3.63, 3.8) is 0 Å². The summed E-state index contributed by atoms with van der Waals surface area (Å²) in [4.78, 5) is 13.6. The topological polar surface area (TPSA) is 38.2 Å². The third kappa shape index (κ3) is 2.74. The molecule has 0 unspecified atom stereocenters. The number of hydrogen-bond donors (Lipinski definition) is 0. The number of rotatable bonds is 3. The molecule has 0 atom stereocenters. The van der Waals surface area contributed by atoms with Gasteiger partial charge >= 0.3 is 0 Å². The van der Waals surface area contributed by atoms with Crippen LogP contribution in [-0.2, 0) is 10.4 Å². The molecular weight excluding hydrogens is 252 g/mol. The van der Waals surface area contributed by atoms with Crippen LogP contribution >= 0.6 is 0 Å². The maximum Gasteiger partial charge on any atom is 0.248 e. The van der Waals surface area contributed by atoms with Gasteiger partial charge in [-0.2, -0.15) is 5.06 Å². The molecule has 0 amide bonds. The summed E-state index contributed by atoms with van der Waals surface area (Å²) in [6.07, 6.45) is 3.79. The van der Waals surface area contributed by atoms with Gasteiger partial charge in [-0.05, 0) is 19.8 Å². The molecule has 0 spiro atoms. The Morgan fingerprint density at radius 3 is 2.16 bits per heavy atom. The molecule has 6 heteroatoms. The second-order valence-electron chi connectivity index (χ2n) is 5.09. The van der Waals surface area contributed by atoms with E-state index in [1.54, 1.807) is 38.5 Å². The standard InChI is InChI=1S/C13H19F2N3O/c1-10-16-8-11(9-17-10)12(18(2)19-3)4-6-13(14,15)7-5-12/h8-9H,4-7H2,1-3H3. The number of alkyl halides is 2. The van der Waals surface area contributed by atoms with E-state index in [1.165, 1.54) is 0 Å². The predicted octanol–water partition coefficient (Wildman–Crippen LogP) is 2.68. The van der Waals surface area contributed by atoms with E-state index in [4.69, 9.17) is 4.84 Å². The fourth-order valence-corrected chi connectivity index (χ4v) is 2.62. The second-order valence-corrected chi connectivity index (χ2v) is 5.09. The van der Waals surface area contributed by atoms with Crippen molar-refractivity contribution in [2.24, 2.45) is 0 Å². The molecule has 1 aromatic rings. The lowest BCUT2D eigenvalue weighted by Crippen LogP contribution is -2.48. The van der Waals surface area contributed by atoms with E-state index in [0.717, 1.165) is 5.56 Å². The molecule has 0 aromatic carbocycles. The summed E-state index contributed by atoms with van der Waals surface area (Å²) in [6, 6.07) is 0. The predicted molar refractivity (Wildman–Crippen MR) is 66.6 cm³/mol. The van der Waals surface area contributed by atoms with Gasteiger partial charge in [0.05, 0.1) is 12.6 Å². The van der Waals surface area contributed by atoms with Gasteiger partial charge in [0.25, 0.3) is 0 Å². The molecule has 1 aliphatic rings. The van der Waals surface area contributed by atoms with Gasteiger partial charge in [0.15, 0.2) is 0 Å². The van der Waals surface area contributed by atoms with E-state index in [0.29, 0.717) is 18.7 Å². The van der Waals surface area contributed by atoms with Crippen molar-refractivity contribution >= 4 is 0 Å². The molecular formula is C13H19F2N3O. The Hall–Kier alpha value is -1.14. The van der Waals surface area contributed by atoms with Crippen LogP contribution in [0.15, 0.2) is 12.4 Å². The van der Waals surface area contributed by atoms with Crippen LogP contribution in [0.4, 0.5) is 8.78 Å². The van der Waals surface area contributed by atoms with Gasteiger partial charge in [0.2, 0.25) is 5.92 Å². The van der Waals surface area contributed by atoms with E-state index in [1.807, 2.05) is 0 Å². The van der Waals surface area contributed by atoms with Gasteiger partial charge in [0.1, 0.15) is 5.82 Å². The van der Waals surface area contributed by atoms with E-state index < -0.39 is 11.5 Å². The average Bonchev–Trinajstić information content (AvgIpc) is 2.39. The molecule has 0 N–H and O–H groups in total. The summed E-state index contributed by atoms with van der Waals surface area (Å²) in [7, 11) is 3.31. The van der Waals surface area contributed by atoms with Gasteiger partial charge in [-0.25, -0.2) is 18.7 Å². The molecule has 1 aliphatic carbocycles. The first kappa shape index (κ1) is 14.3. The summed E-state index contributed by atoms with van der Waals surface area (Å²) >= 11 is 0. The highest BCUT2D eigenvalue weighted by atomic mass is 19.3. The fraction of sp³-hybridized carbons (Fsp3) is 0.692. The van der Waals surface area contributed by atoms with Crippen LogP contribution in [-0.4, -0.2) is 35.1 Å². The fourth-order valence-electron chi connectivity index (χ4n) is 2.62. The number of aromatic nitrogens is 2. The Morgan fingerprint density at radius 2 is 1.68 bits per heavy atom. The summed E-state index contributed by atoms with van der Waals surface area (Å²) in [5, 5.41) is 1.65. The Morgan fingerprint density at radius 1 is 1.16 bits per heavy atom. The van der Waals surface area contributed by atoms with E-state index in [9.17, 15) is 8.78 Å². The number of halogens is 2. The molecule has 2 rings (SSSR count). The summed E-state index contributed by atoms with van der Waals surface area (Å²) in [5.41, 5.74) is 0.266. The highest BCUT2D eigenvalue weighted by Gasteiger charge is 2.47. The number of hydrogen-bond acceptors (Lipinski definition) is 4. The number of hydroxylamine groups is 2. The van der Waals surface area contributed by atoms with Crippen LogP contribution in [0, 0.1) is 6.92 Å². The van der Waals surface area contributed by atoms with Crippen molar-refractivity contribution in [3.8, 4) is 0 Å². The molecule has 0 saturated heterocycles. The number of aryl methyl sites for hydroxylation is 1.